The van der Waals surface area contributed by atoms with Gasteiger partial charge in [-0.15, -0.1) is 5.10 Å². The second-order valence-electron chi connectivity index (χ2n) is 11.2. The Morgan fingerprint density at radius 1 is 1.26 bits per heavy atom. The minimum atomic E-state index is -5.11. The number of halogens is 3. The summed E-state index contributed by atoms with van der Waals surface area (Å²) in [6.07, 6.45) is -2.34. The Labute approximate surface area is 217 Å². The molecule has 2 aromatic heterocycles. The molecule has 0 spiro atoms. The first-order valence-electron chi connectivity index (χ1n) is 12.5. The number of hydrogen-bond acceptors (Lipinski definition) is 8. The first kappa shape index (κ1) is 28.0. The number of nitrogens with zero attached hydrogens (tertiary/aromatic N) is 5. The van der Waals surface area contributed by atoms with Crippen molar-refractivity contribution in [3.05, 3.63) is 29.7 Å². The fraction of sp³-hybridized carbons (Fsp3) is 0.708. The summed E-state index contributed by atoms with van der Waals surface area (Å²) >= 11 is 0. The van der Waals surface area contributed by atoms with Crippen molar-refractivity contribution in [2.24, 2.45) is 5.41 Å². The molecule has 2 aliphatic rings. The molecule has 38 heavy (non-hydrogen) atoms. The Balaban J connectivity index is 1.48. The lowest BCUT2D eigenvalue weighted by Gasteiger charge is -2.34. The smallest absolute Gasteiger partial charge is 0.426 e. The van der Waals surface area contributed by atoms with E-state index in [1.54, 1.807) is 6.20 Å². The third kappa shape index (κ3) is 5.55. The molecule has 3 heterocycles. The SMILES string of the molecule is Cc1cnc(C(O)(CCNC(=O)[C@@H]2C[C@@H](O)CN2C(=O)[C@@H](n2cc(C3CC3)nn2)C(C)(C)C)C(F)(F)F)o1. The van der Waals surface area contributed by atoms with E-state index in [2.05, 4.69) is 20.6 Å². The van der Waals surface area contributed by atoms with Crippen molar-refractivity contribution < 1.29 is 37.4 Å². The normalized spacial score (nSPS) is 22.8. The molecule has 1 saturated carbocycles. The van der Waals surface area contributed by atoms with Gasteiger partial charge in [-0.3, -0.25) is 9.59 Å². The molecule has 0 bridgehead atoms. The van der Waals surface area contributed by atoms with Crippen molar-refractivity contribution in [3.63, 3.8) is 0 Å². The van der Waals surface area contributed by atoms with Crippen molar-refractivity contribution in [1.29, 1.82) is 0 Å². The maximum Gasteiger partial charge on any atom is 0.426 e. The first-order valence-corrected chi connectivity index (χ1v) is 12.5. The van der Waals surface area contributed by atoms with Crippen LogP contribution in [0.15, 0.2) is 16.8 Å². The van der Waals surface area contributed by atoms with E-state index in [0.717, 1.165) is 24.7 Å². The summed E-state index contributed by atoms with van der Waals surface area (Å²) in [5, 5.41) is 31.4. The van der Waals surface area contributed by atoms with E-state index in [1.807, 2.05) is 20.8 Å². The van der Waals surface area contributed by atoms with Crippen LogP contribution < -0.4 is 5.32 Å². The predicted molar refractivity (Wildman–Crippen MR) is 125 cm³/mol. The van der Waals surface area contributed by atoms with E-state index >= 15 is 0 Å². The van der Waals surface area contributed by atoms with Gasteiger partial charge in [-0.2, -0.15) is 13.2 Å². The lowest BCUT2D eigenvalue weighted by Crippen LogP contribution is -2.51. The molecule has 2 aromatic rings. The van der Waals surface area contributed by atoms with E-state index in [4.69, 9.17) is 4.42 Å². The Morgan fingerprint density at radius 3 is 2.50 bits per heavy atom. The fourth-order valence-electron chi connectivity index (χ4n) is 4.73. The number of aryl methyl sites for hydroxylation is 1. The first-order chi connectivity index (χ1) is 17.6. The van der Waals surface area contributed by atoms with Gasteiger partial charge in [0.15, 0.2) is 0 Å². The van der Waals surface area contributed by atoms with Crippen LogP contribution in [0, 0.1) is 12.3 Å². The number of carbonyl (C=O) groups is 2. The third-order valence-electron chi connectivity index (χ3n) is 6.94. The lowest BCUT2D eigenvalue weighted by atomic mass is 9.85. The van der Waals surface area contributed by atoms with Gasteiger partial charge < -0.3 is 24.8 Å². The van der Waals surface area contributed by atoms with Crippen LogP contribution in [0.4, 0.5) is 13.2 Å². The minimum Gasteiger partial charge on any atom is -0.443 e. The van der Waals surface area contributed by atoms with Gasteiger partial charge in [0.05, 0.1) is 18.0 Å². The summed E-state index contributed by atoms with van der Waals surface area (Å²) in [4.78, 5) is 31.5. The van der Waals surface area contributed by atoms with E-state index in [1.165, 1.54) is 16.5 Å². The number of aliphatic hydroxyl groups is 2. The predicted octanol–water partition coefficient (Wildman–Crippen LogP) is 1.96. The number of nitrogens with one attached hydrogen (secondary N) is 1. The molecule has 1 saturated heterocycles. The Hall–Kier alpha value is -3.00. The van der Waals surface area contributed by atoms with Crippen molar-refractivity contribution in [2.75, 3.05) is 13.1 Å². The second-order valence-corrected chi connectivity index (χ2v) is 11.2. The molecule has 1 aliphatic heterocycles. The number of hydrogen-bond donors (Lipinski definition) is 3. The Bertz CT molecular complexity index is 1170. The highest BCUT2D eigenvalue weighted by molar-refractivity contribution is 5.90. The number of carbonyl (C=O) groups excluding carboxylic acids is 2. The molecule has 1 unspecified atom stereocenters. The minimum absolute atomic E-state index is 0.0818. The highest BCUT2D eigenvalue weighted by atomic mass is 19.4. The standard InChI is InChI=1S/C24H33F3N6O5/c1-13-10-29-21(38-13)23(37,24(25,26)27)7-8-28-19(35)17-9-15(34)11-32(17)20(36)18(22(2,3)4)33-12-16(30-31-33)14-5-6-14/h10,12,14-15,17-18,34,37H,5-9,11H2,1-4H3,(H,28,35)/t15-,17+,18-,23?/m1/s1. The van der Waals surface area contributed by atoms with Crippen LogP contribution in [0.25, 0.3) is 0 Å². The van der Waals surface area contributed by atoms with E-state index in [9.17, 15) is 33.0 Å². The average Bonchev–Trinajstić information content (AvgIpc) is 3.17. The number of amides is 2. The molecular weight excluding hydrogens is 509 g/mol. The van der Waals surface area contributed by atoms with Gasteiger partial charge in [-0.25, -0.2) is 9.67 Å². The molecule has 2 fully saturated rings. The molecule has 3 N–H and O–H groups in total. The van der Waals surface area contributed by atoms with Gasteiger partial charge in [0.1, 0.15) is 17.8 Å². The summed E-state index contributed by atoms with van der Waals surface area (Å²) < 4.78 is 47.5. The van der Waals surface area contributed by atoms with Crippen molar-refractivity contribution in [2.45, 2.75) is 89.3 Å². The van der Waals surface area contributed by atoms with Crippen LogP contribution in [-0.2, 0) is 15.2 Å². The van der Waals surface area contributed by atoms with E-state index in [0.29, 0.717) is 5.92 Å². The number of likely N-dealkylation sites (tertiary alicyclic amines) is 1. The van der Waals surface area contributed by atoms with Gasteiger partial charge in [0, 0.05) is 38.0 Å². The van der Waals surface area contributed by atoms with Crippen LogP contribution in [0.2, 0.25) is 0 Å². The molecule has 210 valence electrons. The van der Waals surface area contributed by atoms with Crippen LogP contribution in [-0.4, -0.2) is 78.3 Å². The monoisotopic (exact) mass is 542 g/mol. The third-order valence-corrected chi connectivity index (χ3v) is 6.94. The molecule has 2 amide bonds. The summed E-state index contributed by atoms with van der Waals surface area (Å²) in [6, 6.07) is -1.94. The number of rotatable bonds is 8. The summed E-state index contributed by atoms with van der Waals surface area (Å²) in [5.41, 5.74) is -3.25. The zero-order valence-electron chi connectivity index (χ0n) is 21.7. The topological polar surface area (TPSA) is 147 Å². The van der Waals surface area contributed by atoms with Crippen LogP contribution >= 0.6 is 0 Å². The summed E-state index contributed by atoms with van der Waals surface area (Å²) in [7, 11) is 0. The summed E-state index contributed by atoms with van der Waals surface area (Å²) in [6.45, 7) is 6.23. The van der Waals surface area contributed by atoms with Gasteiger partial charge in [-0.05, 0) is 25.2 Å². The van der Waals surface area contributed by atoms with Gasteiger partial charge in [-0.1, -0.05) is 26.0 Å². The fourth-order valence-corrected chi connectivity index (χ4v) is 4.73. The second kappa shape index (κ2) is 9.95. The van der Waals surface area contributed by atoms with Crippen LogP contribution in [0.5, 0.6) is 0 Å². The van der Waals surface area contributed by atoms with Crippen molar-refractivity contribution in [1.82, 2.24) is 30.2 Å². The quantitative estimate of drug-likeness (QED) is 0.459. The molecule has 4 atom stereocenters. The molecule has 0 aromatic carbocycles. The molecule has 1 aliphatic carbocycles. The Morgan fingerprint density at radius 2 is 1.95 bits per heavy atom. The highest BCUT2D eigenvalue weighted by Gasteiger charge is 2.58. The Kier molecular flexibility index (Phi) is 7.34. The van der Waals surface area contributed by atoms with E-state index < -0.39 is 66.1 Å². The maximum absolute atomic E-state index is 13.7. The average molecular weight is 543 g/mol. The maximum atomic E-state index is 13.7. The number of aliphatic hydroxyl groups excluding tert-OH is 1. The zero-order valence-corrected chi connectivity index (χ0v) is 21.7. The molecular formula is C24H33F3N6O5. The number of alkyl halides is 3. The number of β-amino-alcohol motifs (C(OH)–C–C–N with tert-alkyl or cyclic N) is 1. The summed E-state index contributed by atoms with van der Waals surface area (Å²) in [5.74, 6) is -1.71. The zero-order chi connectivity index (χ0) is 28.0. The molecule has 0 radical (unpaired) electrons. The molecule has 11 nitrogen and oxygen atoms in total. The van der Waals surface area contributed by atoms with Crippen molar-refractivity contribution in [3.8, 4) is 0 Å². The van der Waals surface area contributed by atoms with Crippen molar-refractivity contribution >= 4 is 11.8 Å². The van der Waals surface area contributed by atoms with Crippen LogP contribution in [0.3, 0.4) is 0 Å². The van der Waals surface area contributed by atoms with Gasteiger partial charge >= 0.3 is 6.18 Å². The van der Waals surface area contributed by atoms with Crippen LogP contribution in [0.1, 0.15) is 75.8 Å². The number of aromatic nitrogens is 4. The molecule has 14 heteroatoms. The lowest BCUT2D eigenvalue weighted by molar-refractivity contribution is -0.276. The largest absolute Gasteiger partial charge is 0.443 e. The molecule has 4 rings (SSSR count). The van der Waals surface area contributed by atoms with Gasteiger partial charge in [0.25, 0.3) is 0 Å². The van der Waals surface area contributed by atoms with Gasteiger partial charge in [0.2, 0.25) is 23.3 Å². The highest BCUT2D eigenvalue weighted by Crippen LogP contribution is 2.42. The van der Waals surface area contributed by atoms with E-state index in [-0.39, 0.29) is 18.7 Å². The number of oxazole rings is 1.